The molecule has 164 valence electrons. The molecule has 1 aromatic heterocycles. The zero-order chi connectivity index (χ0) is 22.8. The number of benzene rings is 3. The number of para-hydroxylation sites is 1. The smallest absolute Gasteiger partial charge is 0.234 e. The average Bonchev–Trinajstić information content (AvgIpc) is 2.84. The number of aryl methyl sites for hydroxylation is 2. The molecule has 5 rings (SSSR count). The van der Waals surface area contributed by atoms with E-state index in [-0.39, 0.29) is 11.7 Å². The molecule has 1 aliphatic heterocycles. The number of ether oxygens (including phenoxy) is 1. The van der Waals surface area contributed by atoms with Crippen LogP contribution in [-0.4, -0.2) is 21.6 Å². The van der Waals surface area contributed by atoms with Gasteiger partial charge in [-0.25, -0.2) is 4.98 Å². The molecule has 1 N–H and O–H groups in total. The number of nitrogens with zero attached hydrogens (tertiary/aromatic N) is 2. The molecule has 1 aliphatic rings. The molecule has 0 spiro atoms. The zero-order valence-electron chi connectivity index (χ0n) is 18.5. The molecule has 0 saturated heterocycles. The summed E-state index contributed by atoms with van der Waals surface area (Å²) in [4.78, 5) is 22.2. The molecule has 0 radical (unpaired) electrons. The minimum atomic E-state index is -0.0750. The number of nitrogens with one attached hydrogen (secondary N) is 1. The molecule has 33 heavy (non-hydrogen) atoms. The van der Waals surface area contributed by atoms with E-state index in [1.165, 1.54) is 17.3 Å². The Morgan fingerprint density at radius 2 is 1.76 bits per heavy atom. The predicted molar refractivity (Wildman–Crippen MR) is 132 cm³/mol. The van der Waals surface area contributed by atoms with E-state index in [4.69, 9.17) is 14.7 Å². The van der Waals surface area contributed by atoms with Crippen molar-refractivity contribution in [1.29, 1.82) is 0 Å². The number of rotatable bonds is 5. The van der Waals surface area contributed by atoms with Gasteiger partial charge >= 0.3 is 0 Å². The van der Waals surface area contributed by atoms with Gasteiger partial charge in [-0.15, -0.1) is 0 Å². The van der Waals surface area contributed by atoms with E-state index in [1.54, 1.807) is 0 Å². The van der Waals surface area contributed by atoms with Crippen LogP contribution in [-0.2, 0) is 11.2 Å². The van der Waals surface area contributed by atoms with Crippen molar-refractivity contribution in [3.05, 3.63) is 95.1 Å². The fourth-order valence-corrected chi connectivity index (χ4v) is 4.53. The standard InChI is InChI=1S/C27H23N3O2S/c1-17-12-13-21(14-18(17)2)28-24(31)16-33-27-22-15-20-10-6-7-11-23(20)32-26(22)29-25(30-27)19-8-4-3-5-9-19/h3-14H,15-16H2,1-2H3,(H,28,31). The maximum Gasteiger partial charge on any atom is 0.234 e. The quantitative estimate of drug-likeness (QED) is 0.254. The van der Waals surface area contributed by atoms with Crippen LogP contribution in [0, 0.1) is 13.8 Å². The summed E-state index contributed by atoms with van der Waals surface area (Å²) in [6, 6.07) is 23.7. The molecule has 4 aromatic rings. The number of carbonyl (C=O) groups excluding carboxylic acids is 1. The number of thioether (sulfide) groups is 1. The summed E-state index contributed by atoms with van der Waals surface area (Å²) < 4.78 is 6.14. The van der Waals surface area contributed by atoms with Crippen LogP contribution in [0.15, 0.2) is 77.8 Å². The lowest BCUT2D eigenvalue weighted by Crippen LogP contribution is -2.15. The van der Waals surface area contributed by atoms with E-state index >= 15 is 0 Å². The number of anilines is 1. The van der Waals surface area contributed by atoms with Gasteiger partial charge in [0.05, 0.1) is 11.3 Å². The van der Waals surface area contributed by atoms with Crippen molar-refractivity contribution in [1.82, 2.24) is 9.97 Å². The second kappa shape index (κ2) is 9.08. The Kier molecular flexibility index (Phi) is 5.84. The van der Waals surface area contributed by atoms with Crippen molar-refractivity contribution in [2.45, 2.75) is 25.3 Å². The van der Waals surface area contributed by atoms with Crippen molar-refractivity contribution in [2.75, 3.05) is 11.1 Å². The van der Waals surface area contributed by atoms with Gasteiger partial charge in [0.1, 0.15) is 10.8 Å². The van der Waals surface area contributed by atoms with Crippen molar-refractivity contribution in [3.63, 3.8) is 0 Å². The largest absolute Gasteiger partial charge is 0.438 e. The SMILES string of the molecule is Cc1ccc(NC(=O)CSc2nc(-c3ccccc3)nc3c2Cc2ccccc2O3)cc1C. The molecule has 0 saturated carbocycles. The van der Waals surface area contributed by atoms with Crippen LogP contribution in [0.2, 0.25) is 0 Å². The third-order valence-electron chi connectivity index (χ3n) is 5.64. The Morgan fingerprint density at radius 1 is 0.970 bits per heavy atom. The number of fused-ring (bicyclic) bond motifs is 2. The summed E-state index contributed by atoms with van der Waals surface area (Å²) >= 11 is 1.41. The van der Waals surface area contributed by atoms with E-state index < -0.39 is 0 Å². The summed E-state index contributed by atoms with van der Waals surface area (Å²) in [5, 5.41) is 3.76. The van der Waals surface area contributed by atoms with E-state index in [2.05, 4.69) is 12.2 Å². The summed E-state index contributed by atoms with van der Waals surface area (Å²) in [5.41, 5.74) is 6.05. The maximum atomic E-state index is 12.7. The molecule has 6 heteroatoms. The second-order valence-electron chi connectivity index (χ2n) is 8.02. The van der Waals surface area contributed by atoms with E-state index in [0.717, 1.165) is 38.7 Å². The van der Waals surface area contributed by atoms with Gasteiger partial charge in [0.2, 0.25) is 11.8 Å². The average molecular weight is 454 g/mol. The monoisotopic (exact) mass is 453 g/mol. The number of carbonyl (C=O) groups is 1. The Labute approximate surface area is 197 Å². The highest BCUT2D eigenvalue weighted by atomic mass is 32.2. The molecule has 0 atom stereocenters. The molecule has 0 aliphatic carbocycles. The van der Waals surface area contributed by atoms with Crippen LogP contribution < -0.4 is 10.1 Å². The van der Waals surface area contributed by atoms with Gasteiger partial charge in [0.25, 0.3) is 0 Å². The first kappa shape index (κ1) is 21.2. The molecule has 1 amide bonds. The van der Waals surface area contributed by atoms with E-state index in [1.807, 2.05) is 79.7 Å². The van der Waals surface area contributed by atoms with Gasteiger partial charge in [-0.1, -0.05) is 66.4 Å². The highest BCUT2D eigenvalue weighted by Crippen LogP contribution is 2.40. The first-order chi connectivity index (χ1) is 16.1. The fourth-order valence-electron chi connectivity index (χ4n) is 3.71. The fraction of sp³-hybridized carbons (Fsp3) is 0.148. The van der Waals surface area contributed by atoms with Gasteiger partial charge in [-0.05, 0) is 48.7 Å². The normalized spacial score (nSPS) is 11.8. The minimum absolute atomic E-state index is 0.0750. The first-order valence-electron chi connectivity index (χ1n) is 10.8. The van der Waals surface area contributed by atoms with Gasteiger partial charge in [-0.2, -0.15) is 4.98 Å². The highest BCUT2D eigenvalue weighted by molar-refractivity contribution is 8.00. The molecule has 2 heterocycles. The second-order valence-corrected chi connectivity index (χ2v) is 8.99. The predicted octanol–water partition coefficient (Wildman–Crippen LogP) is 6.19. The van der Waals surface area contributed by atoms with Crippen LogP contribution in [0.4, 0.5) is 5.69 Å². The first-order valence-corrected chi connectivity index (χ1v) is 11.8. The number of amides is 1. The van der Waals surface area contributed by atoms with Crippen LogP contribution in [0.1, 0.15) is 22.3 Å². The molecular weight excluding hydrogens is 430 g/mol. The van der Waals surface area contributed by atoms with Crippen molar-refractivity contribution in [3.8, 4) is 23.0 Å². The summed E-state index contributed by atoms with van der Waals surface area (Å²) in [5.74, 6) is 2.12. The number of hydrogen-bond acceptors (Lipinski definition) is 5. The third kappa shape index (κ3) is 4.61. The number of aromatic nitrogens is 2. The molecule has 3 aromatic carbocycles. The molecule has 0 bridgehead atoms. The summed E-state index contributed by atoms with van der Waals surface area (Å²) in [7, 11) is 0. The van der Waals surface area contributed by atoms with E-state index in [9.17, 15) is 4.79 Å². The van der Waals surface area contributed by atoms with Crippen LogP contribution in [0.3, 0.4) is 0 Å². The molecule has 0 unspecified atom stereocenters. The lowest BCUT2D eigenvalue weighted by Gasteiger charge is -2.21. The highest BCUT2D eigenvalue weighted by Gasteiger charge is 2.24. The topological polar surface area (TPSA) is 64.1 Å². The summed E-state index contributed by atoms with van der Waals surface area (Å²) in [6.45, 7) is 4.09. The zero-order valence-corrected chi connectivity index (χ0v) is 19.3. The van der Waals surface area contributed by atoms with Gasteiger partial charge in [-0.3, -0.25) is 4.79 Å². The van der Waals surface area contributed by atoms with Gasteiger partial charge < -0.3 is 10.1 Å². The third-order valence-corrected chi connectivity index (χ3v) is 6.66. The Bertz CT molecular complexity index is 1340. The van der Waals surface area contributed by atoms with Crippen molar-refractivity contribution >= 4 is 23.4 Å². The van der Waals surface area contributed by atoms with Crippen molar-refractivity contribution < 1.29 is 9.53 Å². The lowest BCUT2D eigenvalue weighted by molar-refractivity contribution is -0.113. The molecule has 5 nitrogen and oxygen atoms in total. The maximum absolute atomic E-state index is 12.7. The Hall–Kier alpha value is -3.64. The van der Waals surface area contributed by atoms with Crippen LogP contribution in [0.25, 0.3) is 11.4 Å². The van der Waals surface area contributed by atoms with Crippen LogP contribution in [0.5, 0.6) is 11.6 Å². The van der Waals surface area contributed by atoms with Crippen LogP contribution >= 0.6 is 11.8 Å². The number of hydrogen-bond donors (Lipinski definition) is 1. The Morgan fingerprint density at radius 3 is 2.58 bits per heavy atom. The van der Waals surface area contributed by atoms with Gasteiger partial charge in [0, 0.05) is 17.7 Å². The molecule has 0 fully saturated rings. The minimum Gasteiger partial charge on any atom is -0.438 e. The summed E-state index contributed by atoms with van der Waals surface area (Å²) in [6.07, 6.45) is 0.668. The molecular formula is C27H23N3O2S. The lowest BCUT2D eigenvalue weighted by atomic mass is 10.0. The van der Waals surface area contributed by atoms with Crippen molar-refractivity contribution in [2.24, 2.45) is 0 Å². The Balaban J connectivity index is 1.42. The van der Waals surface area contributed by atoms with E-state index in [0.29, 0.717) is 18.1 Å². The van der Waals surface area contributed by atoms with Gasteiger partial charge in [0.15, 0.2) is 5.82 Å².